The maximum atomic E-state index is 5.53. The minimum Gasteiger partial charge on any atom is -0.377 e. The van der Waals surface area contributed by atoms with Crippen molar-refractivity contribution in [3.05, 3.63) is 24.0 Å². The highest BCUT2D eigenvalue weighted by molar-refractivity contribution is 6.60. The van der Waals surface area contributed by atoms with Crippen molar-refractivity contribution in [2.75, 3.05) is 21.3 Å². The summed E-state index contributed by atoms with van der Waals surface area (Å²) >= 11 is 0. The second-order valence-corrected chi connectivity index (χ2v) is 7.32. The molecule has 0 fully saturated rings. The Kier molecular flexibility index (Phi) is 6.08. The zero-order valence-corrected chi connectivity index (χ0v) is 13.1. The molecule has 1 heterocycles. The van der Waals surface area contributed by atoms with E-state index in [1.165, 1.54) is 5.69 Å². The molecule has 0 saturated heterocycles. The third-order valence-corrected chi connectivity index (χ3v) is 6.40. The molecule has 0 N–H and O–H groups in total. The molecule has 0 saturated carbocycles. The quantitative estimate of drug-likeness (QED) is 0.682. The molecule has 0 aliphatic rings. The summed E-state index contributed by atoms with van der Waals surface area (Å²) in [6.45, 7) is 5.34. The lowest BCUT2D eigenvalue weighted by Gasteiger charge is -2.28. The Hall–Kier alpha value is -0.623. The molecule has 0 amide bonds. The number of aryl methyl sites for hydroxylation is 1. The van der Waals surface area contributed by atoms with Crippen molar-refractivity contribution < 1.29 is 13.3 Å². The molecule has 1 unspecified atom stereocenters. The van der Waals surface area contributed by atoms with Crippen LogP contribution in [0.4, 0.5) is 0 Å². The predicted octanol–water partition coefficient (Wildman–Crippen LogP) is 2.88. The summed E-state index contributed by atoms with van der Waals surface area (Å²) in [5.74, 6) is 0.409. The van der Waals surface area contributed by atoms with Gasteiger partial charge in [-0.2, -0.15) is 0 Å². The maximum absolute atomic E-state index is 5.53. The lowest BCUT2D eigenvalue weighted by molar-refractivity contribution is 0.120. The Morgan fingerprint density at radius 1 is 1.17 bits per heavy atom. The van der Waals surface area contributed by atoms with Crippen molar-refractivity contribution in [3.63, 3.8) is 0 Å². The zero-order chi connectivity index (χ0) is 13.6. The Morgan fingerprint density at radius 2 is 1.78 bits per heavy atom. The molecule has 0 radical (unpaired) electrons. The molecule has 0 aliphatic carbocycles. The Balaban J connectivity index is 2.90. The summed E-state index contributed by atoms with van der Waals surface area (Å²) in [4.78, 5) is 0. The standard InChI is InChI=1S/C13H25NO3Si/c1-6-12(11-18(15-3,16-4)17-5)13-9-8-10-14(13)7-2/h8-10,12H,6-7,11H2,1-5H3. The number of nitrogens with zero attached hydrogens (tertiary/aromatic N) is 1. The van der Waals surface area contributed by atoms with Crippen LogP contribution in [0.15, 0.2) is 18.3 Å². The van der Waals surface area contributed by atoms with E-state index in [4.69, 9.17) is 13.3 Å². The monoisotopic (exact) mass is 271 g/mol. The summed E-state index contributed by atoms with van der Waals surface area (Å²) in [7, 11) is 2.51. The first-order chi connectivity index (χ1) is 8.66. The number of hydrogen-bond acceptors (Lipinski definition) is 3. The molecule has 1 aromatic rings. The van der Waals surface area contributed by atoms with Gasteiger partial charge >= 0.3 is 8.80 Å². The van der Waals surface area contributed by atoms with Crippen LogP contribution in [0.1, 0.15) is 31.9 Å². The van der Waals surface area contributed by atoms with Crippen LogP contribution in [-0.4, -0.2) is 34.7 Å². The fourth-order valence-electron chi connectivity index (χ4n) is 2.35. The van der Waals surface area contributed by atoms with Crippen molar-refractivity contribution in [2.45, 2.75) is 38.8 Å². The molecule has 18 heavy (non-hydrogen) atoms. The third kappa shape index (κ3) is 3.23. The topological polar surface area (TPSA) is 32.6 Å². The van der Waals surface area contributed by atoms with Crippen LogP contribution in [0.3, 0.4) is 0 Å². The van der Waals surface area contributed by atoms with Gasteiger partial charge in [-0.1, -0.05) is 6.92 Å². The average Bonchev–Trinajstić information content (AvgIpc) is 2.89. The first-order valence-electron chi connectivity index (χ1n) is 6.46. The lowest BCUT2D eigenvalue weighted by Crippen LogP contribution is -2.44. The van der Waals surface area contributed by atoms with E-state index in [-0.39, 0.29) is 0 Å². The first-order valence-corrected chi connectivity index (χ1v) is 8.40. The molecular formula is C13H25NO3Si. The highest BCUT2D eigenvalue weighted by Crippen LogP contribution is 2.30. The van der Waals surface area contributed by atoms with Crippen LogP contribution in [0.2, 0.25) is 6.04 Å². The number of rotatable bonds is 8. The average molecular weight is 271 g/mol. The van der Waals surface area contributed by atoms with Crippen LogP contribution < -0.4 is 0 Å². The van der Waals surface area contributed by atoms with Crippen LogP contribution in [0, 0.1) is 0 Å². The van der Waals surface area contributed by atoms with Gasteiger partial charge in [-0.25, -0.2) is 0 Å². The minimum absolute atomic E-state index is 0.409. The molecule has 0 aromatic carbocycles. The number of hydrogen-bond donors (Lipinski definition) is 0. The second kappa shape index (κ2) is 7.09. The van der Waals surface area contributed by atoms with Crippen LogP contribution in [-0.2, 0) is 19.8 Å². The van der Waals surface area contributed by atoms with Gasteiger partial charge in [0.15, 0.2) is 0 Å². The van der Waals surface area contributed by atoms with Crippen LogP contribution in [0.5, 0.6) is 0 Å². The predicted molar refractivity (Wildman–Crippen MR) is 74.7 cm³/mol. The highest BCUT2D eigenvalue weighted by Gasteiger charge is 2.40. The van der Waals surface area contributed by atoms with Gasteiger partial charge in [0, 0.05) is 51.7 Å². The Bertz CT molecular complexity index is 341. The molecule has 104 valence electrons. The third-order valence-electron chi connectivity index (χ3n) is 3.55. The van der Waals surface area contributed by atoms with Gasteiger partial charge in [-0.15, -0.1) is 0 Å². The fourth-order valence-corrected chi connectivity index (χ4v) is 4.45. The first kappa shape index (κ1) is 15.4. The molecule has 0 aliphatic heterocycles. The summed E-state index contributed by atoms with van der Waals surface area (Å²) in [5, 5.41) is 0. The summed E-state index contributed by atoms with van der Waals surface area (Å²) in [6.07, 6.45) is 3.17. The molecule has 0 bridgehead atoms. The van der Waals surface area contributed by atoms with Crippen molar-refractivity contribution in [1.82, 2.24) is 4.57 Å². The van der Waals surface area contributed by atoms with Crippen LogP contribution >= 0.6 is 0 Å². The van der Waals surface area contributed by atoms with Gasteiger partial charge in [0.2, 0.25) is 0 Å². The van der Waals surface area contributed by atoms with Gasteiger partial charge in [0.25, 0.3) is 0 Å². The van der Waals surface area contributed by atoms with E-state index in [1.807, 2.05) is 0 Å². The van der Waals surface area contributed by atoms with Gasteiger partial charge in [0.05, 0.1) is 0 Å². The van der Waals surface area contributed by atoms with Crippen molar-refractivity contribution in [2.24, 2.45) is 0 Å². The van der Waals surface area contributed by atoms with Crippen molar-refractivity contribution in [3.8, 4) is 0 Å². The van der Waals surface area contributed by atoms with E-state index in [2.05, 4.69) is 36.7 Å². The maximum Gasteiger partial charge on any atom is 0.500 e. The zero-order valence-electron chi connectivity index (χ0n) is 12.1. The Labute approximate surface area is 111 Å². The van der Waals surface area contributed by atoms with E-state index in [1.54, 1.807) is 21.3 Å². The molecule has 5 heteroatoms. The molecule has 0 spiro atoms. The lowest BCUT2D eigenvalue weighted by atomic mass is 10.1. The van der Waals surface area contributed by atoms with Crippen LogP contribution in [0.25, 0.3) is 0 Å². The fraction of sp³-hybridized carbons (Fsp3) is 0.692. The SMILES string of the molecule is CCC(C[Si](OC)(OC)OC)c1cccn1CC. The Morgan fingerprint density at radius 3 is 2.22 bits per heavy atom. The van der Waals surface area contributed by atoms with E-state index in [9.17, 15) is 0 Å². The second-order valence-electron chi connectivity index (χ2n) is 4.32. The highest BCUT2D eigenvalue weighted by atomic mass is 28.4. The summed E-state index contributed by atoms with van der Waals surface area (Å²) in [6, 6.07) is 5.09. The molecule has 1 rings (SSSR count). The molecule has 1 atom stereocenters. The van der Waals surface area contributed by atoms with E-state index in [0.717, 1.165) is 19.0 Å². The summed E-state index contributed by atoms with van der Waals surface area (Å²) < 4.78 is 18.8. The summed E-state index contributed by atoms with van der Waals surface area (Å²) in [5.41, 5.74) is 1.34. The van der Waals surface area contributed by atoms with Crippen molar-refractivity contribution in [1.29, 1.82) is 0 Å². The van der Waals surface area contributed by atoms with E-state index >= 15 is 0 Å². The van der Waals surface area contributed by atoms with Gasteiger partial charge in [-0.05, 0) is 25.5 Å². The molecular weight excluding hydrogens is 246 g/mol. The van der Waals surface area contributed by atoms with Crippen molar-refractivity contribution >= 4 is 8.80 Å². The largest absolute Gasteiger partial charge is 0.500 e. The van der Waals surface area contributed by atoms with E-state index in [0.29, 0.717) is 5.92 Å². The normalized spacial score (nSPS) is 13.8. The van der Waals surface area contributed by atoms with Gasteiger partial charge in [0.1, 0.15) is 0 Å². The van der Waals surface area contributed by atoms with Gasteiger partial charge in [-0.3, -0.25) is 0 Å². The molecule has 4 nitrogen and oxygen atoms in total. The molecule has 1 aromatic heterocycles. The number of aromatic nitrogens is 1. The van der Waals surface area contributed by atoms with E-state index < -0.39 is 8.80 Å². The smallest absolute Gasteiger partial charge is 0.377 e. The minimum atomic E-state index is -2.51. The van der Waals surface area contributed by atoms with Gasteiger partial charge < -0.3 is 17.8 Å².